The molecule has 0 heterocycles. The van der Waals surface area contributed by atoms with Gasteiger partial charge in [-0.1, -0.05) is 31.2 Å². The summed E-state index contributed by atoms with van der Waals surface area (Å²) in [5, 5.41) is -0.000131. The maximum absolute atomic E-state index is 10.5. The Kier molecular flexibility index (Phi) is 10.2. The lowest BCUT2D eigenvalue weighted by molar-refractivity contribution is -0.110. The topological polar surface area (TPSA) is 17.1 Å². The Labute approximate surface area is 92.7 Å². The van der Waals surface area contributed by atoms with Gasteiger partial charge < -0.3 is 0 Å². The number of unbranched alkanes of at least 4 members (excludes halogenated alkanes) is 2. The first-order chi connectivity index (χ1) is 6.77. The predicted molar refractivity (Wildman–Crippen MR) is 65.6 cm³/mol. The average Bonchev–Trinajstić information content (AvgIpc) is 2.15. The van der Waals surface area contributed by atoms with Gasteiger partial charge in [-0.2, -0.15) is 0 Å². The molecule has 0 aliphatic rings. The van der Waals surface area contributed by atoms with E-state index < -0.39 is 0 Å². The van der Waals surface area contributed by atoms with Crippen LogP contribution >= 0.6 is 12.6 Å². The van der Waals surface area contributed by atoms with E-state index in [1.165, 1.54) is 0 Å². The molecule has 0 aliphatic heterocycles. The predicted octanol–water partition coefficient (Wildman–Crippen LogP) is 3.92. The van der Waals surface area contributed by atoms with E-state index in [1.54, 1.807) is 0 Å². The Hall–Kier alpha value is -0.500. The Morgan fingerprint density at radius 2 is 1.86 bits per heavy atom. The van der Waals surface area contributed by atoms with Gasteiger partial charge >= 0.3 is 0 Å². The molecule has 0 spiro atoms. The van der Waals surface area contributed by atoms with Gasteiger partial charge in [0, 0.05) is 6.42 Å². The van der Waals surface area contributed by atoms with Crippen molar-refractivity contribution in [2.45, 2.75) is 45.4 Å². The van der Waals surface area contributed by atoms with Crippen LogP contribution in [-0.4, -0.2) is 5.12 Å². The second-order valence-corrected chi connectivity index (χ2v) is 3.73. The lowest BCUT2D eigenvalue weighted by Gasteiger charge is -1.92. The summed E-state index contributed by atoms with van der Waals surface area (Å²) in [6, 6.07) is 0. The minimum atomic E-state index is -0.000131. The summed E-state index contributed by atoms with van der Waals surface area (Å²) in [6.45, 7) is 2.13. The van der Waals surface area contributed by atoms with Crippen molar-refractivity contribution in [2.75, 3.05) is 0 Å². The summed E-state index contributed by atoms with van der Waals surface area (Å²) in [7, 11) is 0. The third-order valence-corrected chi connectivity index (χ3v) is 2.08. The third-order valence-electron chi connectivity index (χ3n) is 1.85. The van der Waals surface area contributed by atoms with Crippen LogP contribution in [0.4, 0.5) is 0 Å². The molecule has 0 aromatic carbocycles. The third kappa shape index (κ3) is 11.5. The van der Waals surface area contributed by atoms with E-state index in [1.807, 2.05) is 0 Å². The molecule has 80 valence electrons. The normalized spacial score (nSPS) is 11.6. The molecule has 0 aromatic heterocycles. The molecule has 0 rings (SSSR count). The first-order valence-corrected chi connectivity index (χ1v) is 5.74. The van der Waals surface area contributed by atoms with Crippen LogP contribution in [0.2, 0.25) is 0 Å². The summed E-state index contributed by atoms with van der Waals surface area (Å²) < 4.78 is 0. The van der Waals surface area contributed by atoms with Gasteiger partial charge in [0.2, 0.25) is 0 Å². The molecule has 1 nitrogen and oxygen atoms in total. The van der Waals surface area contributed by atoms with Crippen molar-refractivity contribution in [3.63, 3.8) is 0 Å². The molecule has 0 unspecified atom stereocenters. The minimum Gasteiger partial charge on any atom is -0.288 e. The van der Waals surface area contributed by atoms with E-state index in [0.717, 1.165) is 32.1 Å². The molecular weight excluding hydrogens is 192 g/mol. The molecule has 0 saturated carbocycles. The van der Waals surface area contributed by atoms with Crippen molar-refractivity contribution in [1.29, 1.82) is 0 Å². The van der Waals surface area contributed by atoms with Crippen LogP contribution in [0, 0.1) is 0 Å². The van der Waals surface area contributed by atoms with Gasteiger partial charge in [0.1, 0.15) is 0 Å². The fourth-order valence-corrected chi connectivity index (χ4v) is 1.25. The molecule has 0 aromatic rings. The first kappa shape index (κ1) is 13.5. The molecule has 0 amide bonds. The van der Waals surface area contributed by atoms with E-state index in [2.05, 4.69) is 43.9 Å². The Bertz CT molecular complexity index is 194. The van der Waals surface area contributed by atoms with Gasteiger partial charge in [0.05, 0.1) is 0 Å². The molecule has 0 fully saturated rings. The van der Waals surface area contributed by atoms with Gasteiger partial charge in [-0.25, -0.2) is 0 Å². The highest BCUT2D eigenvalue weighted by molar-refractivity contribution is 7.96. The van der Waals surface area contributed by atoms with Gasteiger partial charge in [0.15, 0.2) is 5.12 Å². The van der Waals surface area contributed by atoms with Crippen LogP contribution in [0.25, 0.3) is 0 Å². The summed E-state index contributed by atoms with van der Waals surface area (Å²) in [5.41, 5.74) is 0. The van der Waals surface area contributed by atoms with Crippen LogP contribution in [0.1, 0.15) is 45.4 Å². The van der Waals surface area contributed by atoms with Crippen LogP contribution in [-0.2, 0) is 4.79 Å². The number of carbonyl (C=O) groups excluding carboxylic acids is 1. The highest BCUT2D eigenvalue weighted by Gasteiger charge is 1.91. The lowest BCUT2D eigenvalue weighted by Crippen LogP contribution is -1.84. The Balaban J connectivity index is 3.18. The summed E-state index contributed by atoms with van der Waals surface area (Å²) in [4.78, 5) is 10.5. The number of allylic oxidation sites excluding steroid dienone is 4. The molecule has 0 saturated heterocycles. The molecule has 0 N–H and O–H groups in total. The summed E-state index contributed by atoms with van der Waals surface area (Å²) >= 11 is 3.71. The number of hydrogen-bond acceptors (Lipinski definition) is 1. The standard InChI is InChI=1S/C12H20OS/c1-2-3-4-5-6-7-8-9-10-11-12(13)14/h3-4,6-7H,2,5,8-11H2,1H3,(H,13,14). The number of thiol groups is 1. The van der Waals surface area contributed by atoms with Crippen molar-refractivity contribution < 1.29 is 4.79 Å². The monoisotopic (exact) mass is 212 g/mol. The summed E-state index contributed by atoms with van der Waals surface area (Å²) in [6.07, 6.45) is 14.6. The highest BCUT2D eigenvalue weighted by Crippen LogP contribution is 2.03. The van der Waals surface area contributed by atoms with Gasteiger partial charge in [-0.15, -0.1) is 12.6 Å². The van der Waals surface area contributed by atoms with Crippen LogP contribution in [0.5, 0.6) is 0 Å². The fourth-order valence-electron chi connectivity index (χ4n) is 1.09. The van der Waals surface area contributed by atoms with Crippen molar-refractivity contribution in [3.05, 3.63) is 24.3 Å². The largest absolute Gasteiger partial charge is 0.288 e. The van der Waals surface area contributed by atoms with E-state index in [4.69, 9.17) is 0 Å². The van der Waals surface area contributed by atoms with Gasteiger partial charge in [-0.3, -0.25) is 4.79 Å². The smallest absolute Gasteiger partial charge is 0.185 e. The van der Waals surface area contributed by atoms with Gasteiger partial charge in [-0.05, 0) is 32.1 Å². The van der Waals surface area contributed by atoms with Crippen LogP contribution in [0.15, 0.2) is 24.3 Å². The summed E-state index contributed by atoms with van der Waals surface area (Å²) in [5.74, 6) is 0. The first-order valence-electron chi connectivity index (χ1n) is 5.29. The second kappa shape index (κ2) is 10.6. The number of hydrogen-bond donors (Lipinski definition) is 1. The molecule has 14 heavy (non-hydrogen) atoms. The molecule has 0 radical (unpaired) electrons. The zero-order valence-electron chi connectivity index (χ0n) is 8.91. The van der Waals surface area contributed by atoms with Crippen molar-refractivity contribution >= 4 is 17.7 Å². The maximum Gasteiger partial charge on any atom is 0.185 e. The minimum absolute atomic E-state index is 0.000131. The van der Waals surface area contributed by atoms with E-state index >= 15 is 0 Å². The van der Waals surface area contributed by atoms with Crippen LogP contribution < -0.4 is 0 Å². The SMILES string of the molecule is CCC=CCC=CCCCCC(=O)S. The Morgan fingerprint density at radius 1 is 1.14 bits per heavy atom. The zero-order chi connectivity index (χ0) is 10.6. The molecule has 0 aliphatic carbocycles. The fraction of sp³-hybridized carbons (Fsp3) is 0.583. The quantitative estimate of drug-likeness (QED) is 0.367. The van der Waals surface area contributed by atoms with Crippen molar-refractivity contribution in [2.24, 2.45) is 0 Å². The van der Waals surface area contributed by atoms with E-state index in [-0.39, 0.29) is 5.12 Å². The van der Waals surface area contributed by atoms with E-state index in [9.17, 15) is 4.79 Å². The average molecular weight is 212 g/mol. The number of carbonyl (C=O) groups is 1. The lowest BCUT2D eigenvalue weighted by atomic mass is 10.2. The highest BCUT2D eigenvalue weighted by atomic mass is 32.1. The Morgan fingerprint density at radius 3 is 2.50 bits per heavy atom. The van der Waals surface area contributed by atoms with E-state index in [0.29, 0.717) is 6.42 Å². The van der Waals surface area contributed by atoms with Crippen molar-refractivity contribution in [3.8, 4) is 0 Å². The van der Waals surface area contributed by atoms with Crippen molar-refractivity contribution in [1.82, 2.24) is 0 Å². The second-order valence-electron chi connectivity index (χ2n) is 3.23. The molecule has 0 atom stereocenters. The van der Waals surface area contributed by atoms with Gasteiger partial charge in [0.25, 0.3) is 0 Å². The molecule has 2 heteroatoms. The molecule has 0 bridgehead atoms. The molecular formula is C12H20OS. The zero-order valence-corrected chi connectivity index (χ0v) is 9.80. The van der Waals surface area contributed by atoms with Crippen LogP contribution in [0.3, 0.4) is 0 Å². The number of rotatable bonds is 8. The maximum atomic E-state index is 10.5.